The van der Waals surface area contributed by atoms with E-state index in [-0.39, 0.29) is 12.4 Å². The van der Waals surface area contributed by atoms with Gasteiger partial charge < -0.3 is 19.7 Å². The van der Waals surface area contributed by atoms with Crippen LogP contribution in [0.2, 0.25) is 0 Å². The van der Waals surface area contributed by atoms with Crippen molar-refractivity contribution in [2.24, 2.45) is 0 Å². The van der Waals surface area contributed by atoms with Crippen LogP contribution in [0.1, 0.15) is 11.7 Å². The number of phenolic OH excluding ortho intramolecular Hbond substituents is 1. The van der Waals surface area contributed by atoms with Gasteiger partial charge in [-0.3, -0.25) is 0 Å². The van der Waals surface area contributed by atoms with E-state index in [2.05, 4.69) is 0 Å². The van der Waals surface area contributed by atoms with E-state index in [4.69, 9.17) is 19.7 Å². The normalized spacial score (nSPS) is 25.2. The Bertz CT molecular complexity index is 372. The summed E-state index contributed by atoms with van der Waals surface area (Å²) in [5.41, 5.74) is 0.685. The lowest BCUT2D eigenvalue weighted by Crippen LogP contribution is -2.38. The molecule has 2 N–H and O–H groups in total. The standard InChI is InChI=1S/C11H12O5/c12-8-3-1-7(2-4-8)9-10(11(13)14)16-6-5-15-9/h1-4,9-10,12H,5-6H2,(H,13,14). The molecule has 2 unspecified atom stereocenters. The van der Waals surface area contributed by atoms with Crippen LogP contribution >= 0.6 is 0 Å². The van der Waals surface area contributed by atoms with Crippen molar-refractivity contribution in [1.29, 1.82) is 0 Å². The highest BCUT2D eigenvalue weighted by atomic mass is 16.6. The lowest BCUT2D eigenvalue weighted by atomic mass is 10.0. The molecule has 0 aliphatic carbocycles. The van der Waals surface area contributed by atoms with Crippen LogP contribution < -0.4 is 0 Å². The van der Waals surface area contributed by atoms with E-state index in [1.807, 2.05) is 0 Å². The van der Waals surface area contributed by atoms with E-state index in [9.17, 15) is 4.79 Å². The molecule has 0 radical (unpaired) electrons. The maximum Gasteiger partial charge on any atom is 0.335 e. The molecule has 2 rings (SSSR count). The van der Waals surface area contributed by atoms with E-state index >= 15 is 0 Å². The molecule has 1 heterocycles. The van der Waals surface area contributed by atoms with Gasteiger partial charge in [0, 0.05) is 0 Å². The smallest absolute Gasteiger partial charge is 0.335 e. The fourth-order valence-corrected chi connectivity index (χ4v) is 1.66. The quantitative estimate of drug-likeness (QED) is 0.781. The predicted octanol–water partition coefficient (Wildman–Crippen LogP) is 0.933. The summed E-state index contributed by atoms with van der Waals surface area (Å²) in [6, 6.07) is 6.24. The van der Waals surface area contributed by atoms with Crippen molar-refractivity contribution in [3.63, 3.8) is 0 Å². The van der Waals surface area contributed by atoms with Gasteiger partial charge in [0.2, 0.25) is 0 Å². The van der Waals surface area contributed by atoms with E-state index in [1.54, 1.807) is 12.1 Å². The third kappa shape index (κ3) is 2.15. The van der Waals surface area contributed by atoms with Crippen LogP contribution in [0, 0.1) is 0 Å². The minimum atomic E-state index is -1.04. The topological polar surface area (TPSA) is 76.0 Å². The Labute approximate surface area is 92.2 Å². The Morgan fingerprint density at radius 1 is 1.19 bits per heavy atom. The molecule has 5 nitrogen and oxygen atoms in total. The summed E-state index contributed by atoms with van der Waals surface area (Å²) in [4.78, 5) is 11.0. The Kier molecular flexibility index (Phi) is 3.07. The molecule has 0 bridgehead atoms. The minimum Gasteiger partial charge on any atom is -0.508 e. The molecule has 1 aliphatic heterocycles. The predicted molar refractivity (Wildman–Crippen MR) is 54.2 cm³/mol. The molecule has 1 aromatic rings. The summed E-state index contributed by atoms with van der Waals surface area (Å²) in [6.07, 6.45) is -1.61. The highest BCUT2D eigenvalue weighted by Crippen LogP contribution is 2.27. The van der Waals surface area contributed by atoms with Gasteiger partial charge in [0.1, 0.15) is 11.9 Å². The Morgan fingerprint density at radius 2 is 1.81 bits per heavy atom. The lowest BCUT2D eigenvalue weighted by molar-refractivity contribution is -0.181. The molecule has 0 saturated carbocycles. The van der Waals surface area contributed by atoms with Gasteiger partial charge in [-0.05, 0) is 17.7 Å². The molecule has 1 aliphatic rings. The van der Waals surface area contributed by atoms with Crippen molar-refractivity contribution in [3.05, 3.63) is 29.8 Å². The Morgan fingerprint density at radius 3 is 2.44 bits per heavy atom. The molecule has 0 spiro atoms. The van der Waals surface area contributed by atoms with Crippen LogP contribution in [-0.2, 0) is 14.3 Å². The van der Waals surface area contributed by atoms with Crippen molar-refractivity contribution < 1.29 is 24.5 Å². The number of carbonyl (C=O) groups is 1. The third-order valence-electron chi connectivity index (χ3n) is 2.42. The highest BCUT2D eigenvalue weighted by molar-refractivity contribution is 5.73. The van der Waals surface area contributed by atoms with E-state index in [0.717, 1.165) is 0 Å². The number of benzene rings is 1. The number of carboxylic acid groups (broad SMARTS) is 1. The zero-order valence-corrected chi connectivity index (χ0v) is 8.50. The van der Waals surface area contributed by atoms with Gasteiger partial charge in [0.25, 0.3) is 0 Å². The number of phenols is 1. The summed E-state index contributed by atoms with van der Waals surface area (Å²) in [7, 11) is 0. The average Bonchev–Trinajstić information content (AvgIpc) is 2.30. The second-order valence-corrected chi connectivity index (χ2v) is 3.51. The number of ether oxygens (including phenoxy) is 2. The summed E-state index contributed by atoms with van der Waals surface area (Å²) in [5, 5.41) is 18.1. The zero-order chi connectivity index (χ0) is 11.5. The van der Waals surface area contributed by atoms with Crippen molar-refractivity contribution in [2.45, 2.75) is 12.2 Å². The first-order valence-electron chi connectivity index (χ1n) is 4.93. The molecule has 1 fully saturated rings. The Balaban J connectivity index is 2.23. The second-order valence-electron chi connectivity index (χ2n) is 3.51. The molecule has 1 aromatic carbocycles. The van der Waals surface area contributed by atoms with Gasteiger partial charge in [0.15, 0.2) is 6.10 Å². The number of carboxylic acids is 1. The largest absolute Gasteiger partial charge is 0.508 e. The first-order chi connectivity index (χ1) is 7.68. The summed E-state index contributed by atoms with van der Waals surface area (Å²) in [6.45, 7) is 0.654. The average molecular weight is 224 g/mol. The minimum absolute atomic E-state index is 0.132. The number of aliphatic carboxylic acids is 1. The first kappa shape index (κ1) is 10.9. The SMILES string of the molecule is O=C(O)C1OCCOC1c1ccc(O)cc1. The maximum atomic E-state index is 11.0. The molecular formula is C11H12O5. The zero-order valence-electron chi connectivity index (χ0n) is 8.50. The summed E-state index contributed by atoms with van der Waals surface area (Å²) in [5.74, 6) is -0.912. The summed E-state index contributed by atoms with van der Waals surface area (Å²) < 4.78 is 10.5. The fraction of sp³-hybridized carbons (Fsp3) is 0.364. The van der Waals surface area contributed by atoms with Crippen LogP contribution in [0.3, 0.4) is 0 Å². The van der Waals surface area contributed by atoms with E-state index < -0.39 is 18.2 Å². The fourth-order valence-electron chi connectivity index (χ4n) is 1.66. The summed E-state index contributed by atoms with van der Waals surface area (Å²) >= 11 is 0. The molecule has 1 saturated heterocycles. The van der Waals surface area contributed by atoms with Crippen LogP contribution in [-0.4, -0.2) is 35.5 Å². The van der Waals surface area contributed by atoms with Crippen LogP contribution in [0.25, 0.3) is 0 Å². The molecule has 2 atom stereocenters. The molecule has 16 heavy (non-hydrogen) atoms. The van der Waals surface area contributed by atoms with Crippen molar-refractivity contribution in [2.75, 3.05) is 13.2 Å². The van der Waals surface area contributed by atoms with Gasteiger partial charge in [-0.25, -0.2) is 4.79 Å². The maximum absolute atomic E-state index is 11.0. The molecule has 0 amide bonds. The van der Waals surface area contributed by atoms with Gasteiger partial charge in [0.05, 0.1) is 13.2 Å². The van der Waals surface area contributed by atoms with Gasteiger partial charge in [-0.2, -0.15) is 0 Å². The molecule has 0 aromatic heterocycles. The second kappa shape index (κ2) is 4.51. The van der Waals surface area contributed by atoms with Crippen molar-refractivity contribution in [3.8, 4) is 5.75 Å². The molecule has 5 heteroatoms. The molecular weight excluding hydrogens is 212 g/mol. The lowest BCUT2D eigenvalue weighted by Gasteiger charge is -2.29. The number of hydrogen-bond acceptors (Lipinski definition) is 4. The third-order valence-corrected chi connectivity index (χ3v) is 2.42. The molecule has 86 valence electrons. The van der Waals surface area contributed by atoms with Gasteiger partial charge >= 0.3 is 5.97 Å². The van der Waals surface area contributed by atoms with Crippen LogP contribution in [0.5, 0.6) is 5.75 Å². The number of rotatable bonds is 2. The number of aromatic hydroxyl groups is 1. The van der Waals surface area contributed by atoms with Crippen molar-refractivity contribution >= 4 is 5.97 Å². The van der Waals surface area contributed by atoms with E-state index in [0.29, 0.717) is 12.2 Å². The van der Waals surface area contributed by atoms with Crippen LogP contribution in [0.4, 0.5) is 0 Å². The van der Waals surface area contributed by atoms with Gasteiger partial charge in [-0.15, -0.1) is 0 Å². The van der Waals surface area contributed by atoms with Crippen molar-refractivity contribution in [1.82, 2.24) is 0 Å². The number of hydrogen-bond donors (Lipinski definition) is 2. The first-order valence-corrected chi connectivity index (χ1v) is 4.93. The van der Waals surface area contributed by atoms with Gasteiger partial charge in [-0.1, -0.05) is 12.1 Å². The highest BCUT2D eigenvalue weighted by Gasteiger charge is 2.34. The Hall–Kier alpha value is -1.59. The van der Waals surface area contributed by atoms with E-state index in [1.165, 1.54) is 12.1 Å². The monoisotopic (exact) mass is 224 g/mol. The van der Waals surface area contributed by atoms with Crippen LogP contribution in [0.15, 0.2) is 24.3 Å².